The smallest absolute Gasteiger partial charge is 0.0110 e. The summed E-state index contributed by atoms with van der Waals surface area (Å²) in [5, 5.41) is 0. The zero-order chi connectivity index (χ0) is 9.52. The molecule has 1 aliphatic heterocycles. The van der Waals surface area contributed by atoms with Crippen molar-refractivity contribution < 1.29 is 0 Å². The average molecular weight is 332 g/mol. The van der Waals surface area contributed by atoms with Gasteiger partial charge < -0.3 is 21.3 Å². The van der Waals surface area contributed by atoms with Crippen molar-refractivity contribution in [2.24, 2.45) is 11.5 Å². The number of nitrogens with two attached hydrogens (primary N) is 2. The molecule has 1 saturated heterocycles. The summed E-state index contributed by atoms with van der Waals surface area (Å²) in [4.78, 5) is 4.88. The highest BCUT2D eigenvalue weighted by molar-refractivity contribution is 5.86. The molecule has 0 aliphatic carbocycles. The van der Waals surface area contributed by atoms with Crippen molar-refractivity contribution in [2.45, 2.75) is 6.42 Å². The van der Waals surface area contributed by atoms with Crippen molar-refractivity contribution in [1.82, 2.24) is 9.80 Å². The van der Waals surface area contributed by atoms with Gasteiger partial charge in [0.2, 0.25) is 0 Å². The molecule has 0 radical (unpaired) electrons. The van der Waals surface area contributed by atoms with E-state index in [2.05, 4.69) is 9.80 Å². The molecule has 8 heteroatoms. The molecule has 0 aromatic carbocycles. The van der Waals surface area contributed by atoms with Crippen LogP contribution in [0.15, 0.2) is 0 Å². The first-order chi connectivity index (χ1) is 6.36. The molecule has 17 heavy (non-hydrogen) atoms. The second-order valence-electron chi connectivity index (χ2n) is 3.61. The molecule has 0 aromatic rings. The van der Waals surface area contributed by atoms with Gasteiger partial charge in [-0.2, -0.15) is 0 Å². The summed E-state index contributed by atoms with van der Waals surface area (Å²) in [6, 6.07) is 0. The number of rotatable bonds is 4. The minimum absolute atomic E-state index is 0. The zero-order valence-electron chi connectivity index (χ0n) is 10.0. The summed E-state index contributed by atoms with van der Waals surface area (Å²) in [6.07, 6.45) is 1.25. The van der Waals surface area contributed by atoms with Crippen molar-refractivity contribution in [3.8, 4) is 0 Å². The Labute approximate surface area is 129 Å². The number of nitrogens with zero attached hydrogens (tertiary/aromatic N) is 2. The van der Waals surface area contributed by atoms with Gasteiger partial charge in [-0.3, -0.25) is 0 Å². The van der Waals surface area contributed by atoms with Gasteiger partial charge in [-0.05, 0) is 19.5 Å². The van der Waals surface area contributed by atoms with E-state index < -0.39 is 0 Å². The number of hydrogen-bond acceptors (Lipinski definition) is 4. The molecule has 1 rings (SSSR count). The first kappa shape index (κ1) is 26.5. The van der Waals surface area contributed by atoms with Gasteiger partial charge in [0.1, 0.15) is 0 Å². The second-order valence-corrected chi connectivity index (χ2v) is 3.61. The average Bonchev–Trinajstić information content (AvgIpc) is 2.33. The summed E-state index contributed by atoms with van der Waals surface area (Å²) in [6.45, 7) is 8.31. The lowest BCUT2D eigenvalue weighted by Crippen LogP contribution is -2.35. The Kier molecular flexibility index (Phi) is 26.5. The van der Waals surface area contributed by atoms with Crippen LogP contribution in [-0.2, 0) is 0 Å². The third-order valence-electron chi connectivity index (χ3n) is 2.57. The molecule has 110 valence electrons. The third kappa shape index (κ3) is 11.8. The van der Waals surface area contributed by atoms with Gasteiger partial charge in [0, 0.05) is 39.3 Å². The van der Waals surface area contributed by atoms with E-state index in [4.69, 9.17) is 11.5 Å². The van der Waals surface area contributed by atoms with Crippen molar-refractivity contribution in [3.63, 3.8) is 0 Å². The molecule has 0 bridgehead atoms. The first-order valence-corrected chi connectivity index (χ1v) is 5.21. The maximum atomic E-state index is 5.53. The van der Waals surface area contributed by atoms with Crippen molar-refractivity contribution >= 4 is 49.6 Å². The minimum atomic E-state index is 0. The third-order valence-corrected chi connectivity index (χ3v) is 2.57. The van der Waals surface area contributed by atoms with E-state index in [1.807, 2.05) is 0 Å². The van der Waals surface area contributed by atoms with Gasteiger partial charge in [-0.1, -0.05) is 0 Å². The van der Waals surface area contributed by atoms with Crippen LogP contribution in [0.5, 0.6) is 0 Å². The molecular weight excluding hydrogens is 306 g/mol. The van der Waals surface area contributed by atoms with Gasteiger partial charge in [0.05, 0.1) is 0 Å². The van der Waals surface area contributed by atoms with E-state index in [1.165, 1.54) is 19.5 Å². The molecule has 1 aliphatic rings. The van der Waals surface area contributed by atoms with Crippen LogP contribution >= 0.6 is 49.6 Å². The van der Waals surface area contributed by atoms with Crippen LogP contribution < -0.4 is 11.5 Å². The van der Waals surface area contributed by atoms with Gasteiger partial charge in [0.15, 0.2) is 0 Å². The molecular formula is C9H26Cl4N4. The predicted octanol–water partition coefficient (Wildman–Crippen LogP) is 0.599. The zero-order valence-corrected chi connectivity index (χ0v) is 13.3. The molecule has 0 spiro atoms. The van der Waals surface area contributed by atoms with Gasteiger partial charge in [0.25, 0.3) is 0 Å². The van der Waals surface area contributed by atoms with Crippen LogP contribution in [0, 0.1) is 0 Å². The lowest BCUT2D eigenvalue weighted by molar-refractivity contribution is 0.264. The van der Waals surface area contributed by atoms with Crippen molar-refractivity contribution in [3.05, 3.63) is 0 Å². The molecule has 0 aromatic heterocycles. The largest absolute Gasteiger partial charge is 0.329 e. The minimum Gasteiger partial charge on any atom is -0.329 e. The standard InChI is InChI=1S/C9H22N4.4ClH/c10-2-6-12-4-1-5-13(7-3-11)9-8-12;;;;/h1-11H2;4*1H. The maximum absolute atomic E-state index is 5.53. The highest BCUT2D eigenvalue weighted by Crippen LogP contribution is 2.01. The lowest BCUT2D eigenvalue weighted by Gasteiger charge is -2.20. The van der Waals surface area contributed by atoms with Crippen molar-refractivity contribution in [2.75, 3.05) is 52.4 Å². The van der Waals surface area contributed by atoms with Gasteiger partial charge >= 0.3 is 0 Å². The van der Waals surface area contributed by atoms with E-state index in [0.29, 0.717) is 0 Å². The SMILES string of the molecule is Cl.Cl.Cl.Cl.NCCN1CCCN(CCN)CC1. The first-order valence-electron chi connectivity index (χ1n) is 5.21. The summed E-state index contributed by atoms with van der Waals surface area (Å²) < 4.78 is 0. The highest BCUT2D eigenvalue weighted by Gasteiger charge is 2.12. The van der Waals surface area contributed by atoms with E-state index in [1.54, 1.807) is 0 Å². The summed E-state index contributed by atoms with van der Waals surface area (Å²) in [7, 11) is 0. The fourth-order valence-electron chi connectivity index (χ4n) is 1.84. The second kappa shape index (κ2) is 17.0. The Hall–Kier alpha value is 1.000. The van der Waals surface area contributed by atoms with E-state index >= 15 is 0 Å². The molecule has 0 unspecified atom stereocenters. The van der Waals surface area contributed by atoms with E-state index in [-0.39, 0.29) is 49.6 Å². The molecule has 0 saturated carbocycles. The van der Waals surface area contributed by atoms with Crippen LogP contribution in [0.25, 0.3) is 0 Å². The molecule has 4 N–H and O–H groups in total. The Morgan fingerprint density at radius 1 is 0.647 bits per heavy atom. The number of halogens is 4. The van der Waals surface area contributed by atoms with Crippen LogP contribution in [0.4, 0.5) is 0 Å². The molecule has 4 nitrogen and oxygen atoms in total. The highest BCUT2D eigenvalue weighted by atomic mass is 35.5. The topological polar surface area (TPSA) is 58.5 Å². The van der Waals surface area contributed by atoms with Crippen LogP contribution in [0.1, 0.15) is 6.42 Å². The summed E-state index contributed by atoms with van der Waals surface area (Å²) >= 11 is 0. The summed E-state index contributed by atoms with van der Waals surface area (Å²) in [5.41, 5.74) is 11.1. The molecule has 0 atom stereocenters. The number of hydrogen-bond donors (Lipinski definition) is 2. The van der Waals surface area contributed by atoms with Gasteiger partial charge in [-0.15, -0.1) is 49.6 Å². The Balaban J connectivity index is -0.000000211. The Bertz CT molecular complexity index is 128. The molecule has 0 amide bonds. The maximum Gasteiger partial charge on any atom is 0.0110 e. The van der Waals surface area contributed by atoms with Crippen LogP contribution in [0.3, 0.4) is 0 Å². The van der Waals surface area contributed by atoms with Crippen molar-refractivity contribution in [1.29, 1.82) is 0 Å². The molecule has 1 heterocycles. The van der Waals surface area contributed by atoms with E-state index in [0.717, 1.165) is 39.3 Å². The van der Waals surface area contributed by atoms with Crippen LogP contribution in [-0.4, -0.2) is 62.2 Å². The lowest BCUT2D eigenvalue weighted by atomic mass is 10.4. The predicted molar refractivity (Wildman–Crippen MR) is 84.6 cm³/mol. The van der Waals surface area contributed by atoms with Gasteiger partial charge in [-0.25, -0.2) is 0 Å². The monoisotopic (exact) mass is 330 g/mol. The Morgan fingerprint density at radius 3 is 1.29 bits per heavy atom. The Morgan fingerprint density at radius 2 is 1.00 bits per heavy atom. The molecule has 1 fully saturated rings. The normalized spacial score (nSPS) is 16.6. The fourth-order valence-corrected chi connectivity index (χ4v) is 1.84. The quantitative estimate of drug-likeness (QED) is 0.792. The fraction of sp³-hybridized carbons (Fsp3) is 1.00. The summed E-state index contributed by atoms with van der Waals surface area (Å²) in [5.74, 6) is 0. The van der Waals surface area contributed by atoms with Crippen LogP contribution in [0.2, 0.25) is 0 Å². The van der Waals surface area contributed by atoms with E-state index in [9.17, 15) is 0 Å².